The fourth-order valence-corrected chi connectivity index (χ4v) is 4.81. The van der Waals surface area contributed by atoms with E-state index in [-0.39, 0.29) is 29.6 Å². The first-order valence-corrected chi connectivity index (χ1v) is 11.1. The number of anilines is 1. The Hall–Kier alpha value is -3.96. The predicted octanol–water partition coefficient (Wildman–Crippen LogP) is 3.36. The molecule has 0 saturated heterocycles. The monoisotopic (exact) mass is 487 g/mol. The van der Waals surface area contributed by atoms with Crippen molar-refractivity contribution in [2.75, 3.05) is 18.9 Å². The third-order valence-corrected chi connectivity index (χ3v) is 6.56. The quantitative estimate of drug-likeness (QED) is 0.586. The summed E-state index contributed by atoms with van der Waals surface area (Å²) in [6.07, 6.45) is 0.638. The smallest absolute Gasteiger partial charge is 0.420 e. The van der Waals surface area contributed by atoms with Crippen LogP contribution in [0, 0.1) is 5.92 Å². The molecule has 1 aliphatic carbocycles. The second-order valence-corrected chi connectivity index (χ2v) is 8.91. The minimum absolute atomic E-state index is 0.0154. The summed E-state index contributed by atoms with van der Waals surface area (Å²) in [4.78, 5) is 22.0. The van der Waals surface area contributed by atoms with Gasteiger partial charge in [0.1, 0.15) is 35.8 Å². The van der Waals surface area contributed by atoms with E-state index in [1.165, 1.54) is 12.3 Å². The van der Waals surface area contributed by atoms with Gasteiger partial charge in [-0.1, -0.05) is 0 Å². The maximum atomic E-state index is 13.8. The van der Waals surface area contributed by atoms with E-state index in [2.05, 4.69) is 15.3 Å². The fraction of sp³-hybridized carbons (Fsp3) is 0.348. The first-order chi connectivity index (χ1) is 16.7. The summed E-state index contributed by atoms with van der Waals surface area (Å²) >= 11 is 0. The lowest BCUT2D eigenvalue weighted by molar-refractivity contribution is -0.140. The maximum Gasteiger partial charge on any atom is 0.420 e. The van der Waals surface area contributed by atoms with Crippen LogP contribution in [0.4, 0.5) is 19.2 Å². The molecule has 1 unspecified atom stereocenters. The van der Waals surface area contributed by atoms with Gasteiger partial charge in [0.05, 0.1) is 11.4 Å². The lowest BCUT2D eigenvalue weighted by atomic mass is 10.0. The number of halogens is 3. The van der Waals surface area contributed by atoms with E-state index >= 15 is 0 Å². The Morgan fingerprint density at radius 3 is 2.83 bits per heavy atom. The van der Waals surface area contributed by atoms with Crippen molar-refractivity contribution in [3.63, 3.8) is 0 Å². The van der Waals surface area contributed by atoms with E-state index in [1.54, 1.807) is 6.20 Å². The Kier molecular flexibility index (Phi) is 4.63. The number of oxazole rings is 1. The van der Waals surface area contributed by atoms with Crippen LogP contribution in [0.25, 0.3) is 11.1 Å². The largest absolute Gasteiger partial charge is 0.495 e. The number of fused-ring (bicyclic) bond motifs is 1. The molecule has 1 aromatic heterocycles. The van der Waals surface area contributed by atoms with Gasteiger partial charge in [0.2, 0.25) is 0 Å². The van der Waals surface area contributed by atoms with Crippen molar-refractivity contribution in [3.8, 4) is 0 Å². The number of hydrogen-bond acceptors (Lipinski definition) is 8. The summed E-state index contributed by atoms with van der Waals surface area (Å²) in [5.41, 5.74) is 7.17. The zero-order valence-electron chi connectivity index (χ0n) is 18.2. The van der Waals surface area contributed by atoms with Crippen molar-refractivity contribution in [1.82, 2.24) is 15.2 Å². The van der Waals surface area contributed by atoms with Crippen molar-refractivity contribution >= 4 is 28.9 Å². The molecule has 182 valence electrons. The summed E-state index contributed by atoms with van der Waals surface area (Å²) in [6, 6.07) is 1.34. The number of aromatic nitrogens is 1. The van der Waals surface area contributed by atoms with Crippen LogP contribution in [-0.4, -0.2) is 46.0 Å². The van der Waals surface area contributed by atoms with Gasteiger partial charge in [-0.3, -0.25) is 0 Å². The highest BCUT2D eigenvalue weighted by Gasteiger charge is 2.41. The van der Waals surface area contributed by atoms with Gasteiger partial charge in [-0.15, -0.1) is 0 Å². The van der Waals surface area contributed by atoms with Gasteiger partial charge in [0.15, 0.2) is 5.58 Å². The van der Waals surface area contributed by atoms with Crippen LogP contribution < -0.4 is 11.1 Å². The SMILES string of the molecule is Nc1nc2cc(C3=NC=C4C(NC(C(=O)O)C5CC5)=COCC5=C4N3CC5)cc(C(F)(F)F)c2o1. The third kappa shape index (κ3) is 3.60. The van der Waals surface area contributed by atoms with Crippen molar-refractivity contribution in [3.05, 3.63) is 58.3 Å². The molecule has 2 aromatic rings. The number of carbonyl (C=O) groups is 1. The van der Waals surface area contributed by atoms with Crippen LogP contribution in [0.5, 0.6) is 0 Å². The molecule has 1 fully saturated rings. The van der Waals surface area contributed by atoms with Crippen LogP contribution in [0.2, 0.25) is 0 Å². The Bertz CT molecular complexity index is 1380. The Balaban J connectivity index is 1.44. The fourth-order valence-electron chi connectivity index (χ4n) is 4.81. The Morgan fingerprint density at radius 2 is 2.11 bits per heavy atom. The van der Waals surface area contributed by atoms with Gasteiger partial charge < -0.3 is 30.2 Å². The summed E-state index contributed by atoms with van der Waals surface area (Å²) in [7, 11) is 0. The maximum absolute atomic E-state index is 13.8. The van der Waals surface area contributed by atoms with Gasteiger partial charge in [-0.05, 0) is 42.9 Å². The highest BCUT2D eigenvalue weighted by Crippen LogP contribution is 2.41. The van der Waals surface area contributed by atoms with Gasteiger partial charge in [-0.25, -0.2) is 9.79 Å². The predicted molar refractivity (Wildman–Crippen MR) is 118 cm³/mol. The van der Waals surface area contributed by atoms with Crippen LogP contribution in [0.3, 0.4) is 0 Å². The molecule has 1 saturated carbocycles. The van der Waals surface area contributed by atoms with E-state index in [1.807, 2.05) is 4.90 Å². The molecule has 6 rings (SSSR count). The van der Waals surface area contributed by atoms with Gasteiger partial charge in [-0.2, -0.15) is 18.2 Å². The van der Waals surface area contributed by atoms with Crippen molar-refractivity contribution < 1.29 is 32.2 Å². The standard InChI is InChI=1S/C23H20F3N5O4/c24-23(25,26)14-5-12(6-15-19(14)35-22(27)30-15)20-28-7-13-16(29-17(21(32)33)10-1-2-10)9-34-8-11-3-4-31(20)18(11)13/h5-7,9-10,17,29H,1-4,8H2,(H2,27,30)(H,32,33). The summed E-state index contributed by atoms with van der Waals surface area (Å²) < 4.78 is 52.1. The zero-order chi connectivity index (χ0) is 24.5. The number of amidine groups is 1. The van der Waals surface area contributed by atoms with E-state index in [9.17, 15) is 23.1 Å². The Labute approximate surface area is 196 Å². The second-order valence-electron chi connectivity index (χ2n) is 8.91. The first-order valence-electron chi connectivity index (χ1n) is 11.1. The van der Waals surface area contributed by atoms with E-state index in [0.717, 1.165) is 30.2 Å². The highest BCUT2D eigenvalue weighted by atomic mass is 19.4. The number of ether oxygens (including phenoxy) is 1. The van der Waals surface area contributed by atoms with Gasteiger partial charge in [0.25, 0.3) is 6.01 Å². The number of rotatable bonds is 5. The molecule has 4 aliphatic rings. The number of alkyl halides is 3. The number of aliphatic imine (C=N–C) groups is 1. The lowest BCUT2D eigenvalue weighted by Gasteiger charge is -2.30. The molecule has 0 bridgehead atoms. The molecule has 9 nitrogen and oxygen atoms in total. The summed E-state index contributed by atoms with van der Waals surface area (Å²) in [6.45, 7) is 0.776. The van der Waals surface area contributed by atoms with Gasteiger partial charge in [0, 0.05) is 23.9 Å². The highest BCUT2D eigenvalue weighted by molar-refractivity contribution is 6.04. The summed E-state index contributed by atoms with van der Waals surface area (Å²) in [5, 5.41) is 12.7. The minimum Gasteiger partial charge on any atom is -0.495 e. The Morgan fingerprint density at radius 1 is 1.31 bits per heavy atom. The summed E-state index contributed by atoms with van der Waals surface area (Å²) in [5.74, 6) is -0.586. The van der Waals surface area contributed by atoms with Crippen molar-refractivity contribution in [2.24, 2.45) is 10.9 Å². The number of hydrogen-bond donors (Lipinski definition) is 3. The molecule has 3 aliphatic heterocycles. The molecule has 0 spiro atoms. The molecule has 12 heteroatoms. The topological polar surface area (TPSA) is 126 Å². The zero-order valence-corrected chi connectivity index (χ0v) is 18.2. The van der Waals surface area contributed by atoms with Crippen LogP contribution in [-0.2, 0) is 15.7 Å². The molecular weight excluding hydrogens is 467 g/mol. The molecular formula is C23H20F3N5O4. The number of nitrogens with one attached hydrogen (secondary N) is 1. The van der Waals surface area contributed by atoms with Crippen LogP contribution in [0.1, 0.15) is 30.4 Å². The van der Waals surface area contributed by atoms with Crippen LogP contribution >= 0.6 is 0 Å². The molecule has 0 amide bonds. The minimum atomic E-state index is -4.68. The average Bonchev–Trinajstić information content (AvgIpc) is 3.47. The number of nitrogens with two attached hydrogens (primary N) is 1. The molecule has 1 atom stereocenters. The average molecular weight is 487 g/mol. The second kappa shape index (κ2) is 7.52. The molecule has 4 N–H and O–H groups in total. The van der Waals surface area contributed by atoms with E-state index < -0.39 is 29.3 Å². The number of aliphatic carboxylic acids is 1. The number of carboxylic acid groups (broad SMARTS) is 1. The lowest BCUT2D eigenvalue weighted by Crippen LogP contribution is -2.40. The third-order valence-electron chi connectivity index (χ3n) is 6.56. The molecule has 0 radical (unpaired) electrons. The number of carboxylic acids is 1. The molecule has 35 heavy (non-hydrogen) atoms. The number of nitrogens with zero attached hydrogens (tertiary/aromatic N) is 3. The van der Waals surface area contributed by atoms with Crippen LogP contribution in [0.15, 0.2) is 56.5 Å². The first kappa shape index (κ1) is 21.6. The number of nitrogen functional groups attached to an aromatic ring is 1. The van der Waals surface area contributed by atoms with E-state index in [4.69, 9.17) is 14.9 Å². The normalized spacial score (nSPS) is 20.5. The molecule has 1 aromatic carbocycles. The van der Waals surface area contributed by atoms with Crippen molar-refractivity contribution in [1.29, 1.82) is 0 Å². The van der Waals surface area contributed by atoms with Crippen molar-refractivity contribution in [2.45, 2.75) is 31.5 Å². The molecule has 4 heterocycles. The number of benzene rings is 1. The van der Waals surface area contributed by atoms with Gasteiger partial charge >= 0.3 is 12.1 Å². The van der Waals surface area contributed by atoms with E-state index in [0.29, 0.717) is 30.1 Å².